The summed E-state index contributed by atoms with van der Waals surface area (Å²) in [5.41, 5.74) is -1.61. The van der Waals surface area contributed by atoms with E-state index in [9.17, 15) is 19.5 Å². The number of ketones is 2. The first kappa shape index (κ1) is 18.9. The van der Waals surface area contributed by atoms with Crippen LogP contribution in [0.2, 0.25) is 0 Å². The molecule has 0 aliphatic heterocycles. The van der Waals surface area contributed by atoms with Gasteiger partial charge in [0.1, 0.15) is 17.0 Å². The molecule has 0 aromatic heterocycles. The summed E-state index contributed by atoms with van der Waals surface area (Å²) < 4.78 is 0. The lowest BCUT2D eigenvalue weighted by molar-refractivity contribution is -0.143. The van der Waals surface area contributed by atoms with E-state index in [4.69, 9.17) is 0 Å². The Bertz CT molecular complexity index is 587. The molecule has 126 valence electrons. The summed E-state index contributed by atoms with van der Waals surface area (Å²) in [5, 5.41) is 9.77. The average Bonchev–Trinajstić information content (AvgIpc) is 2.42. The van der Waals surface area contributed by atoms with Gasteiger partial charge in [0.25, 0.3) is 0 Å². The molecule has 0 radical (unpaired) electrons. The van der Waals surface area contributed by atoms with Crippen LogP contribution in [0.3, 0.4) is 0 Å². The largest absolute Gasteiger partial charge is 0.465 e. The van der Waals surface area contributed by atoms with E-state index in [0.717, 1.165) is 0 Å². The summed E-state index contributed by atoms with van der Waals surface area (Å²) in [7, 11) is 0. The van der Waals surface area contributed by atoms with Crippen LogP contribution in [0.25, 0.3) is 0 Å². The van der Waals surface area contributed by atoms with E-state index in [0.29, 0.717) is 5.56 Å². The molecular weight excluding hydrogens is 294 g/mol. The number of hydrogen-bond acceptors (Lipinski definition) is 3. The molecule has 0 bridgehead atoms. The smallest absolute Gasteiger partial charge is 0.408 e. The van der Waals surface area contributed by atoms with Gasteiger partial charge in [-0.3, -0.25) is 14.5 Å². The van der Waals surface area contributed by atoms with E-state index in [1.165, 1.54) is 25.7 Å². The number of carbonyl (C=O) groups excluding carboxylic acids is 2. The Morgan fingerprint density at radius 1 is 0.957 bits per heavy atom. The summed E-state index contributed by atoms with van der Waals surface area (Å²) in [5.74, 6) is -0.705. The molecule has 1 aromatic carbocycles. The van der Waals surface area contributed by atoms with Crippen LogP contribution in [0.5, 0.6) is 0 Å². The minimum absolute atomic E-state index is 0.352. The predicted molar refractivity (Wildman–Crippen MR) is 88.3 cm³/mol. The third-order valence-electron chi connectivity index (χ3n) is 4.31. The van der Waals surface area contributed by atoms with Crippen molar-refractivity contribution in [2.45, 2.75) is 53.1 Å². The lowest BCUT2D eigenvalue weighted by Gasteiger charge is -2.46. The first-order valence-electron chi connectivity index (χ1n) is 7.53. The molecule has 0 aliphatic rings. The van der Waals surface area contributed by atoms with Crippen molar-refractivity contribution in [3.05, 3.63) is 35.9 Å². The van der Waals surface area contributed by atoms with Gasteiger partial charge in [-0.25, -0.2) is 4.79 Å². The SMILES string of the molecule is CC(=O)C(C)(C(C)=O)C(c1ccccc1)N(C(=O)O)C(C)(C)C. The van der Waals surface area contributed by atoms with Crippen LogP contribution >= 0.6 is 0 Å². The van der Waals surface area contributed by atoms with Gasteiger partial charge < -0.3 is 5.11 Å². The van der Waals surface area contributed by atoms with E-state index in [1.807, 2.05) is 6.07 Å². The lowest BCUT2D eigenvalue weighted by atomic mass is 9.71. The topological polar surface area (TPSA) is 74.7 Å². The van der Waals surface area contributed by atoms with Crippen LogP contribution in [0, 0.1) is 5.41 Å². The predicted octanol–water partition coefficient (Wildman–Crippen LogP) is 3.69. The quantitative estimate of drug-likeness (QED) is 0.840. The van der Waals surface area contributed by atoms with Crippen LogP contribution in [0.1, 0.15) is 53.1 Å². The first-order chi connectivity index (χ1) is 10.4. The van der Waals surface area contributed by atoms with Gasteiger partial charge in [-0.15, -0.1) is 0 Å². The summed E-state index contributed by atoms with van der Waals surface area (Å²) in [6, 6.07) is 7.95. The van der Waals surface area contributed by atoms with E-state index < -0.39 is 23.1 Å². The third-order valence-corrected chi connectivity index (χ3v) is 4.31. The van der Waals surface area contributed by atoms with Crippen molar-refractivity contribution in [2.75, 3.05) is 0 Å². The van der Waals surface area contributed by atoms with Crippen molar-refractivity contribution < 1.29 is 19.5 Å². The van der Waals surface area contributed by atoms with Gasteiger partial charge in [-0.2, -0.15) is 0 Å². The Balaban J connectivity index is 3.72. The summed E-state index contributed by atoms with van der Waals surface area (Å²) >= 11 is 0. The second-order valence-corrected chi connectivity index (χ2v) is 6.95. The number of Topliss-reactive ketones (excluding diaryl/α,β-unsaturated/α-hetero) is 2. The van der Waals surface area contributed by atoms with E-state index in [-0.39, 0.29) is 11.6 Å². The van der Waals surface area contributed by atoms with Crippen LogP contribution in [0.15, 0.2) is 30.3 Å². The van der Waals surface area contributed by atoms with Gasteiger partial charge in [-0.1, -0.05) is 30.3 Å². The van der Waals surface area contributed by atoms with Crippen molar-refractivity contribution in [1.29, 1.82) is 0 Å². The monoisotopic (exact) mass is 319 g/mol. The molecule has 0 heterocycles. The molecule has 1 amide bonds. The fraction of sp³-hybridized carbons (Fsp3) is 0.500. The molecule has 5 nitrogen and oxygen atoms in total. The van der Waals surface area contributed by atoms with E-state index in [2.05, 4.69) is 0 Å². The highest BCUT2D eigenvalue weighted by molar-refractivity contribution is 6.06. The van der Waals surface area contributed by atoms with Crippen molar-refractivity contribution in [3.8, 4) is 0 Å². The number of carboxylic acid groups (broad SMARTS) is 1. The van der Waals surface area contributed by atoms with Crippen LogP contribution in [-0.2, 0) is 9.59 Å². The summed E-state index contributed by atoms with van der Waals surface area (Å²) in [4.78, 5) is 37.8. The number of benzene rings is 1. The van der Waals surface area contributed by atoms with Gasteiger partial charge in [0, 0.05) is 5.54 Å². The van der Waals surface area contributed by atoms with Crippen molar-refractivity contribution in [2.24, 2.45) is 5.41 Å². The zero-order chi connectivity index (χ0) is 18.0. The number of rotatable bonds is 5. The minimum Gasteiger partial charge on any atom is -0.465 e. The molecule has 0 saturated carbocycles. The van der Waals surface area contributed by atoms with Crippen molar-refractivity contribution >= 4 is 17.7 Å². The maximum Gasteiger partial charge on any atom is 0.408 e. The standard InChI is InChI=1S/C18H25NO4/c1-12(20)18(6,13(2)21)15(14-10-8-7-9-11-14)19(16(22)23)17(3,4)5/h7-11,15H,1-6H3,(H,22,23). The molecule has 1 rings (SSSR count). The normalized spacial score (nSPS) is 13.3. The highest BCUT2D eigenvalue weighted by Crippen LogP contribution is 2.43. The first-order valence-corrected chi connectivity index (χ1v) is 7.53. The molecule has 1 atom stereocenters. The van der Waals surface area contributed by atoms with Gasteiger partial charge in [-0.05, 0) is 47.1 Å². The Morgan fingerprint density at radius 2 is 1.39 bits per heavy atom. The Kier molecular flexibility index (Phi) is 5.35. The van der Waals surface area contributed by atoms with E-state index >= 15 is 0 Å². The van der Waals surface area contributed by atoms with Gasteiger partial charge in [0.15, 0.2) is 0 Å². The zero-order valence-corrected chi connectivity index (χ0v) is 14.6. The summed E-state index contributed by atoms with van der Waals surface area (Å²) in [6.45, 7) is 9.43. The van der Waals surface area contributed by atoms with Crippen LogP contribution < -0.4 is 0 Å². The number of nitrogens with zero attached hydrogens (tertiary/aromatic N) is 1. The fourth-order valence-corrected chi connectivity index (χ4v) is 2.79. The Morgan fingerprint density at radius 3 is 1.70 bits per heavy atom. The van der Waals surface area contributed by atoms with Crippen LogP contribution in [-0.4, -0.2) is 33.2 Å². The van der Waals surface area contributed by atoms with Gasteiger partial charge in [0.2, 0.25) is 0 Å². The molecule has 1 unspecified atom stereocenters. The molecule has 5 heteroatoms. The van der Waals surface area contributed by atoms with Crippen LogP contribution in [0.4, 0.5) is 4.79 Å². The van der Waals surface area contributed by atoms with Gasteiger partial charge >= 0.3 is 6.09 Å². The number of carbonyl (C=O) groups is 3. The second-order valence-electron chi connectivity index (χ2n) is 6.95. The molecule has 0 spiro atoms. The molecule has 23 heavy (non-hydrogen) atoms. The number of hydrogen-bond donors (Lipinski definition) is 1. The molecule has 0 fully saturated rings. The number of amides is 1. The second kappa shape index (κ2) is 6.52. The zero-order valence-electron chi connectivity index (χ0n) is 14.6. The van der Waals surface area contributed by atoms with E-state index in [1.54, 1.807) is 45.0 Å². The average molecular weight is 319 g/mol. The molecule has 0 saturated heterocycles. The van der Waals surface area contributed by atoms with Crippen molar-refractivity contribution in [1.82, 2.24) is 4.90 Å². The maximum absolute atomic E-state index is 12.3. The van der Waals surface area contributed by atoms with Crippen molar-refractivity contribution in [3.63, 3.8) is 0 Å². The third kappa shape index (κ3) is 3.60. The fourth-order valence-electron chi connectivity index (χ4n) is 2.79. The highest BCUT2D eigenvalue weighted by atomic mass is 16.4. The molecule has 1 N–H and O–H groups in total. The molecular formula is C18H25NO4. The molecule has 1 aromatic rings. The maximum atomic E-state index is 12.3. The molecule has 0 aliphatic carbocycles. The van der Waals surface area contributed by atoms with Gasteiger partial charge in [0.05, 0.1) is 6.04 Å². The Hall–Kier alpha value is -2.17. The summed E-state index contributed by atoms with van der Waals surface area (Å²) in [6.07, 6.45) is -1.17. The Labute approximate surface area is 137 Å². The highest BCUT2D eigenvalue weighted by Gasteiger charge is 2.51. The minimum atomic E-state index is -1.45. The lowest BCUT2D eigenvalue weighted by Crippen LogP contribution is -2.55.